The molecule has 0 spiro atoms. The number of hydrogen-bond acceptors (Lipinski definition) is 2. The molecule has 0 N–H and O–H groups in total. The lowest BCUT2D eigenvalue weighted by Gasteiger charge is -2.48. The van der Waals surface area contributed by atoms with Crippen LogP contribution in [0.5, 0.6) is 0 Å². The Kier molecular flexibility index (Phi) is 9.96. The highest BCUT2D eigenvalue weighted by Crippen LogP contribution is 2.57. The molecule has 2 nitrogen and oxygen atoms in total. The van der Waals surface area contributed by atoms with Gasteiger partial charge in [0.25, 0.3) is 6.71 Å². The smallest absolute Gasteiger partial charge is 0.252 e. The average Bonchev–Trinajstić information content (AvgIpc) is 3.64. The van der Waals surface area contributed by atoms with Gasteiger partial charge in [-0.15, -0.1) is 0 Å². The zero-order chi connectivity index (χ0) is 50.3. The molecule has 2 heterocycles. The molecule has 0 unspecified atom stereocenters. The summed E-state index contributed by atoms with van der Waals surface area (Å²) >= 11 is 0. The summed E-state index contributed by atoms with van der Waals surface area (Å²) in [4.78, 5) is 5.56. The first kappa shape index (κ1) is 47.0. The number of rotatable bonds is 6. The fraction of sp³-hybridized carbons (Fsp3) is 0.471. The normalized spacial score (nSPS) is 21.0. The number of anilines is 6. The number of hydrogen-bond donors (Lipinski definition) is 0. The Balaban J connectivity index is 1.22. The van der Waals surface area contributed by atoms with Gasteiger partial charge in [-0.2, -0.15) is 0 Å². The maximum absolute atomic E-state index is 2.80. The predicted octanol–water partition coefficient (Wildman–Crippen LogP) is 16.8. The van der Waals surface area contributed by atoms with Gasteiger partial charge >= 0.3 is 0 Å². The van der Waals surface area contributed by atoms with Crippen LogP contribution in [0.4, 0.5) is 34.1 Å². The molecule has 6 aromatic rings. The van der Waals surface area contributed by atoms with Crippen LogP contribution < -0.4 is 26.2 Å². The molecule has 0 amide bonds. The summed E-state index contributed by atoms with van der Waals surface area (Å²) in [5.74, 6) is 0. The Morgan fingerprint density at radius 1 is 0.437 bits per heavy atom. The van der Waals surface area contributed by atoms with Gasteiger partial charge in [-0.1, -0.05) is 165 Å². The van der Waals surface area contributed by atoms with Crippen molar-refractivity contribution in [2.24, 2.45) is 0 Å². The second-order valence-corrected chi connectivity index (χ2v) is 28.1. The minimum absolute atomic E-state index is 0.0561. The second-order valence-electron chi connectivity index (χ2n) is 28.1. The van der Waals surface area contributed by atoms with Crippen molar-refractivity contribution >= 4 is 57.2 Å². The van der Waals surface area contributed by atoms with Crippen molar-refractivity contribution in [3.8, 4) is 11.1 Å². The lowest BCUT2D eigenvalue weighted by atomic mass is 9.32. The number of aryl methyl sites for hydroxylation is 2. The largest absolute Gasteiger partial charge is 0.311 e. The third kappa shape index (κ3) is 6.71. The molecule has 0 saturated heterocycles. The molecular formula is C68H81BN2. The standard InChI is InChI=1S/C68H81BN2/c1-17-18-19-22-42-32-59-61-60(33-42)71(56-37-51-48(31-41(56)2)62(3,4)27-29-64(51,7)8)58-39-53-50(66(11,12)40-67(53,13)14)36-55(58)69(61)54-35-49-52(65(9,10)30-28-63(49,5)6)38-57(54)70(59)43-25-26-47-45(34-43)44-23-20-21-24-46(44)68(47,15)16/h20-21,23-26,31-39H,17-19,22,27-30,40H2,1-16H3. The molecule has 4 aliphatic carbocycles. The number of unbranched alkanes of at least 4 members (excludes halogenated alkanes) is 2. The second kappa shape index (κ2) is 15.0. The van der Waals surface area contributed by atoms with Crippen LogP contribution >= 0.6 is 0 Å². The van der Waals surface area contributed by atoms with Gasteiger partial charge in [-0.05, 0) is 210 Å². The van der Waals surface area contributed by atoms with Crippen molar-refractivity contribution in [2.45, 2.75) is 206 Å². The lowest BCUT2D eigenvalue weighted by Crippen LogP contribution is -2.62. The van der Waals surface area contributed by atoms with Gasteiger partial charge in [0.1, 0.15) is 0 Å². The number of nitrogens with zero attached hydrogens (tertiary/aromatic N) is 2. The van der Waals surface area contributed by atoms with Gasteiger partial charge in [-0.3, -0.25) is 0 Å². The maximum atomic E-state index is 2.80. The van der Waals surface area contributed by atoms with Gasteiger partial charge in [0.2, 0.25) is 0 Å². The first-order valence-corrected chi connectivity index (χ1v) is 27.8. The van der Waals surface area contributed by atoms with Crippen molar-refractivity contribution < 1.29 is 0 Å². The fourth-order valence-corrected chi connectivity index (χ4v) is 15.6. The minimum Gasteiger partial charge on any atom is -0.311 e. The summed E-state index contributed by atoms with van der Waals surface area (Å²) in [6.07, 6.45) is 10.6. The van der Waals surface area contributed by atoms with Gasteiger partial charge in [0.15, 0.2) is 0 Å². The van der Waals surface area contributed by atoms with Crippen LogP contribution in [-0.2, 0) is 44.3 Å². The summed E-state index contributed by atoms with van der Waals surface area (Å²) in [6, 6.07) is 38.2. The average molecular weight is 937 g/mol. The van der Waals surface area contributed by atoms with Crippen LogP contribution in [0.25, 0.3) is 11.1 Å². The predicted molar refractivity (Wildman–Crippen MR) is 307 cm³/mol. The topological polar surface area (TPSA) is 6.48 Å². The first-order chi connectivity index (χ1) is 33.3. The molecular weight excluding hydrogens is 856 g/mol. The maximum Gasteiger partial charge on any atom is 0.252 e. The van der Waals surface area contributed by atoms with E-state index in [-0.39, 0.29) is 44.6 Å². The van der Waals surface area contributed by atoms with Gasteiger partial charge in [0.05, 0.1) is 0 Å². The monoisotopic (exact) mass is 937 g/mol. The molecule has 366 valence electrons. The highest BCUT2D eigenvalue weighted by atomic mass is 15.2. The quantitative estimate of drug-likeness (QED) is 0.121. The number of benzene rings is 6. The van der Waals surface area contributed by atoms with Crippen molar-refractivity contribution in [3.05, 3.63) is 147 Å². The Morgan fingerprint density at radius 3 is 1.51 bits per heavy atom. The zero-order valence-corrected chi connectivity index (χ0v) is 46.5. The van der Waals surface area contributed by atoms with E-state index in [9.17, 15) is 0 Å². The Bertz CT molecular complexity index is 3260. The highest BCUT2D eigenvalue weighted by Gasteiger charge is 2.51. The van der Waals surface area contributed by atoms with Crippen LogP contribution in [0, 0.1) is 6.92 Å². The molecule has 0 aromatic heterocycles. The minimum atomic E-state index is -0.0638. The molecule has 6 aliphatic rings. The number of fused-ring (bicyclic) bond motifs is 10. The van der Waals surface area contributed by atoms with E-state index >= 15 is 0 Å². The zero-order valence-electron chi connectivity index (χ0n) is 46.5. The van der Waals surface area contributed by atoms with Gasteiger partial charge in [-0.25, -0.2) is 0 Å². The summed E-state index contributed by atoms with van der Waals surface area (Å²) < 4.78 is 0. The Hall–Kier alpha value is -5.02. The SMILES string of the molecule is CCCCCc1cc2c3c(c1)N(c1cc4c(cc1C)C(C)(C)CCC4(C)C)c1cc4c(cc1B3c1cc3c(cc1N2c1ccc2c(c1)-c1ccccc1C2(C)C)C(C)(C)CCC3(C)C)C(C)(C)CC4(C)C. The van der Waals surface area contributed by atoms with E-state index in [0.29, 0.717) is 0 Å². The van der Waals surface area contributed by atoms with Crippen LogP contribution in [0.1, 0.15) is 211 Å². The van der Waals surface area contributed by atoms with Crippen molar-refractivity contribution in [3.63, 3.8) is 0 Å². The molecule has 71 heavy (non-hydrogen) atoms. The molecule has 2 aliphatic heterocycles. The van der Waals surface area contributed by atoms with Crippen molar-refractivity contribution in [2.75, 3.05) is 9.80 Å². The molecule has 6 aromatic carbocycles. The van der Waals surface area contributed by atoms with Crippen LogP contribution in [-0.4, -0.2) is 6.71 Å². The molecule has 0 atom stereocenters. The molecule has 0 fully saturated rings. The van der Waals surface area contributed by atoms with E-state index in [1.165, 1.54) is 157 Å². The fourth-order valence-electron chi connectivity index (χ4n) is 15.6. The summed E-state index contributed by atoms with van der Waals surface area (Å²) in [5.41, 5.74) is 30.5. The van der Waals surface area contributed by atoms with Crippen molar-refractivity contribution in [1.82, 2.24) is 0 Å². The first-order valence-electron chi connectivity index (χ1n) is 27.8. The third-order valence-corrected chi connectivity index (χ3v) is 19.9. The van der Waals surface area contributed by atoms with E-state index in [4.69, 9.17) is 0 Å². The summed E-state index contributed by atoms with van der Waals surface area (Å²) in [6.45, 7) is 39.7. The molecule has 12 rings (SSSR count). The highest BCUT2D eigenvalue weighted by molar-refractivity contribution is 7.00. The van der Waals surface area contributed by atoms with Gasteiger partial charge < -0.3 is 9.80 Å². The van der Waals surface area contributed by atoms with E-state index in [2.05, 4.69) is 212 Å². The summed E-state index contributed by atoms with van der Waals surface area (Å²) in [7, 11) is 0. The molecule has 3 heteroatoms. The van der Waals surface area contributed by atoms with Crippen LogP contribution in [0.15, 0.2) is 91.0 Å². The third-order valence-electron chi connectivity index (χ3n) is 19.9. The van der Waals surface area contributed by atoms with E-state index in [0.717, 1.165) is 12.8 Å². The Morgan fingerprint density at radius 2 is 0.915 bits per heavy atom. The summed E-state index contributed by atoms with van der Waals surface area (Å²) in [5, 5.41) is 0. The van der Waals surface area contributed by atoms with E-state index < -0.39 is 0 Å². The van der Waals surface area contributed by atoms with Crippen molar-refractivity contribution in [1.29, 1.82) is 0 Å². The molecule has 0 radical (unpaired) electrons. The van der Waals surface area contributed by atoms with Crippen LogP contribution in [0.2, 0.25) is 0 Å². The molecule has 0 saturated carbocycles. The lowest BCUT2D eigenvalue weighted by molar-refractivity contribution is 0.332. The van der Waals surface area contributed by atoms with Crippen LogP contribution in [0.3, 0.4) is 0 Å². The Labute approximate surface area is 429 Å². The van der Waals surface area contributed by atoms with Gasteiger partial charge in [0, 0.05) is 39.5 Å². The molecule has 0 bridgehead atoms. The van der Waals surface area contributed by atoms with E-state index in [1.54, 1.807) is 5.56 Å². The van der Waals surface area contributed by atoms with E-state index in [1.807, 2.05) is 0 Å².